The molecule has 0 spiro atoms. The number of piperidine rings is 1. The Morgan fingerprint density at radius 2 is 1.73 bits per heavy atom. The number of aliphatic carboxylic acids is 1. The second-order valence-electron chi connectivity index (χ2n) is 6.64. The number of carboxylic acids is 1. The maximum Gasteiger partial charge on any atom is 0.304 e. The molecule has 0 aliphatic carbocycles. The largest absolute Gasteiger partial charge is 0.481 e. The van der Waals surface area contributed by atoms with E-state index < -0.39 is 5.97 Å². The van der Waals surface area contributed by atoms with Crippen LogP contribution in [0.15, 0.2) is 48.5 Å². The number of hydrogen-bond donors (Lipinski definition) is 1. The van der Waals surface area contributed by atoms with Crippen LogP contribution in [0.1, 0.15) is 31.2 Å². The summed E-state index contributed by atoms with van der Waals surface area (Å²) in [7, 11) is 0. The molecular weight excluding hydrogens is 333 g/mol. The number of halogens is 1. The highest BCUT2D eigenvalue weighted by Crippen LogP contribution is 2.22. The second kappa shape index (κ2) is 8.92. The molecule has 1 atom stereocenters. The molecule has 26 heavy (non-hydrogen) atoms. The van der Waals surface area contributed by atoms with Gasteiger partial charge >= 0.3 is 5.97 Å². The van der Waals surface area contributed by atoms with E-state index in [9.17, 15) is 9.18 Å². The molecule has 1 fully saturated rings. The first-order valence-electron chi connectivity index (χ1n) is 9.04. The average molecular weight is 357 g/mol. The topological polar surface area (TPSA) is 49.8 Å². The third-order valence-electron chi connectivity index (χ3n) is 4.74. The fourth-order valence-electron chi connectivity index (χ4n) is 3.27. The Bertz CT molecular complexity index is 715. The fraction of sp³-hybridized carbons (Fsp3) is 0.381. The number of likely N-dealkylation sites (tertiary alicyclic amines) is 1. The smallest absolute Gasteiger partial charge is 0.304 e. The SMILES string of the molecule is O=C(O)CCN1CCCCC1OCc1ccc(-c2ccc(F)cc2)cc1. The van der Waals surface area contributed by atoms with Gasteiger partial charge in [0.25, 0.3) is 0 Å². The molecule has 0 bridgehead atoms. The number of nitrogens with zero attached hydrogens (tertiary/aromatic N) is 1. The molecule has 0 aromatic heterocycles. The number of carboxylic acid groups (broad SMARTS) is 1. The molecule has 2 aromatic rings. The van der Waals surface area contributed by atoms with Gasteiger partial charge in [0.15, 0.2) is 0 Å². The summed E-state index contributed by atoms with van der Waals surface area (Å²) >= 11 is 0. The van der Waals surface area contributed by atoms with E-state index >= 15 is 0 Å². The second-order valence-corrected chi connectivity index (χ2v) is 6.64. The molecule has 0 amide bonds. The summed E-state index contributed by atoms with van der Waals surface area (Å²) in [5, 5.41) is 8.89. The third kappa shape index (κ3) is 5.13. The van der Waals surface area contributed by atoms with Gasteiger partial charge in [-0.1, -0.05) is 36.4 Å². The van der Waals surface area contributed by atoms with Gasteiger partial charge in [0, 0.05) is 13.1 Å². The van der Waals surface area contributed by atoms with Gasteiger partial charge in [-0.3, -0.25) is 9.69 Å². The molecule has 1 aliphatic rings. The molecule has 1 heterocycles. The van der Waals surface area contributed by atoms with Gasteiger partial charge in [0.05, 0.1) is 13.0 Å². The van der Waals surface area contributed by atoms with Crippen LogP contribution in [0.3, 0.4) is 0 Å². The number of carbonyl (C=O) groups is 1. The van der Waals surface area contributed by atoms with E-state index in [2.05, 4.69) is 4.90 Å². The summed E-state index contributed by atoms with van der Waals surface area (Å²) in [6.45, 7) is 1.92. The molecule has 2 aromatic carbocycles. The van der Waals surface area contributed by atoms with Crippen molar-refractivity contribution in [2.45, 2.75) is 38.5 Å². The first-order chi connectivity index (χ1) is 12.6. The van der Waals surface area contributed by atoms with Crippen LogP contribution in [0.4, 0.5) is 4.39 Å². The zero-order valence-electron chi connectivity index (χ0n) is 14.7. The molecular formula is C21H24FNO3. The highest BCUT2D eigenvalue weighted by atomic mass is 19.1. The summed E-state index contributed by atoms with van der Waals surface area (Å²) in [6.07, 6.45) is 3.27. The van der Waals surface area contributed by atoms with Crippen LogP contribution in [-0.2, 0) is 16.1 Å². The lowest BCUT2D eigenvalue weighted by atomic mass is 10.0. The van der Waals surface area contributed by atoms with Crippen LogP contribution in [0.2, 0.25) is 0 Å². The minimum Gasteiger partial charge on any atom is -0.481 e. The number of ether oxygens (including phenoxy) is 1. The monoisotopic (exact) mass is 357 g/mol. The summed E-state index contributed by atoms with van der Waals surface area (Å²) in [6, 6.07) is 14.5. The summed E-state index contributed by atoms with van der Waals surface area (Å²) in [4.78, 5) is 12.9. The lowest BCUT2D eigenvalue weighted by Gasteiger charge is -2.35. The third-order valence-corrected chi connectivity index (χ3v) is 4.74. The van der Waals surface area contributed by atoms with Gasteiger partial charge in [0.2, 0.25) is 0 Å². The Morgan fingerprint density at radius 3 is 2.38 bits per heavy atom. The molecule has 1 unspecified atom stereocenters. The maximum absolute atomic E-state index is 13.0. The zero-order chi connectivity index (χ0) is 18.4. The first-order valence-corrected chi connectivity index (χ1v) is 9.04. The molecule has 5 heteroatoms. The molecule has 1 N–H and O–H groups in total. The van der Waals surface area contributed by atoms with Crippen LogP contribution in [0.5, 0.6) is 0 Å². The van der Waals surface area contributed by atoms with Gasteiger partial charge in [-0.25, -0.2) is 4.39 Å². The summed E-state index contributed by atoms with van der Waals surface area (Å²) in [5.74, 6) is -1.01. The van der Waals surface area contributed by atoms with Crippen molar-refractivity contribution in [3.8, 4) is 11.1 Å². The predicted molar refractivity (Wildman–Crippen MR) is 98.1 cm³/mol. The van der Waals surface area contributed by atoms with Crippen molar-refractivity contribution >= 4 is 5.97 Å². The van der Waals surface area contributed by atoms with E-state index in [4.69, 9.17) is 9.84 Å². The quantitative estimate of drug-likeness (QED) is 0.803. The number of hydrogen-bond acceptors (Lipinski definition) is 3. The highest BCUT2D eigenvalue weighted by molar-refractivity contribution is 5.66. The Balaban J connectivity index is 1.56. The van der Waals surface area contributed by atoms with Crippen molar-refractivity contribution in [2.24, 2.45) is 0 Å². The zero-order valence-corrected chi connectivity index (χ0v) is 14.7. The van der Waals surface area contributed by atoms with Crippen molar-refractivity contribution in [1.82, 2.24) is 4.90 Å². The van der Waals surface area contributed by atoms with E-state index in [1.165, 1.54) is 12.1 Å². The van der Waals surface area contributed by atoms with E-state index in [1.807, 2.05) is 24.3 Å². The molecule has 4 nitrogen and oxygen atoms in total. The number of benzene rings is 2. The van der Waals surface area contributed by atoms with Crippen LogP contribution < -0.4 is 0 Å². The van der Waals surface area contributed by atoms with Crippen molar-refractivity contribution in [1.29, 1.82) is 0 Å². The molecule has 3 rings (SSSR count). The first kappa shape index (κ1) is 18.5. The van der Waals surface area contributed by atoms with Crippen LogP contribution >= 0.6 is 0 Å². The lowest BCUT2D eigenvalue weighted by molar-refractivity contribution is -0.139. The van der Waals surface area contributed by atoms with E-state index in [1.54, 1.807) is 12.1 Å². The maximum atomic E-state index is 13.0. The minimum absolute atomic E-state index is 0.0140. The Kier molecular flexibility index (Phi) is 6.36. The average Bonchev–Trinajstić information content (AvgIpc) is 2.66. The van der Waals surface area contributed by atoms with Gasteiger partial charge in [0.1, 0.15) is 12.0 Å². The van der Waals surface area contributed by atoms with Crippen molar-refractivity contribution in [3.05, 3.63) is 59.9 Å². The molecule has 0 radical (unpaired) electrons. The van der Waals surface area contributed by atoms with Gasteiger partial charge in [-0.05, 0) is 48.1 Å². The van der Waals surface area contributed by atoms with Gasteiger partial charge in [-0.2, -0.15) is 0 Å². The lowest BCUT2D eigenvalue weighted by Crippen LogP contribution is -2.42. The molecule has 1 aliphatic heterocycles. The normalized spacial score (nSPS) is 18.0. The minimum atomic E-state index is -0.772. The molecule has 138 valence electrons. The highest BCUT2D eigenvalue weighted by Gasteiger charge is 2.23. The van der Waals surface area contributed by atoms with Crippen molar-refractivity contribution in [2.75, 3.05) is 13.1 Å². The van der Waals surface area contributed by atoms with Crippen LogP contribution in [0, 0.1) is 5.82 Å². The van der Waals surface area contributed by atoms with E-state index in [-0.39, 0.29) is 18.5 Å². The Hall–Kier alpha value is -2.24. The van der Waals surface area contributed by atoms with Crippen molar-refractivity contribution < 1.29 is 19.0 Å². The Labute approximate surface area is 153 Å². The summed E-state index contributed by atoms with van der Waals surface area (Å²) in [5.41, 5.74) is 3.08. The van der Waals surface area contributed by atoms with E-state index in [0.29, 0.717) is 13.2 Å². The molecule has 1 saturated heterocycles. The van der Waals surface area contributed by atoms with Crippen LogP contribution in [0.25, 0.3) is 11.1 Å². The van der Waals surface area contributed by atoms with Crippen LogP contribution in [-0.4, -0.2) is 35.3 Å². The number of rotatable bonds is 7. The van der Waals surface area contributed by atoms with Crippen molar-refractivity contribution in [3.63, 3.8) is 0 Å². The standard InChI is InChI=1S/C21H24FNO3/c22-19-10-8-18(9-11-19)17-6-4-16(5-7-17)15-26-20-3-1-2-13-23(20)14-12-21(24)25/h4-11,20H,1-3,12-15H2,(H,24,25). The van der Waals surface area contributed by atoms with Gasteiger partial charge in [-0.15, -0.1) is 0 Å². The summed E-state index contributed by atoms with van der Waals surface area (Å²) < 4.78 is 19.1. The Morgan fingerprint density at radius 1 is 1.08 bits per heavy atom. The fourth-order valence-corrected chi connectivity index (χ4v) is 3.27. The predicted octanol–water partition coefficient (Wildman–Crippen LogP) is 4.30. The van der Waals surface area contributed by atoms with Gasteiger partial charge < -0.3 is 9.84 Å². The molecule has 0 saturated carbocycles. The van der Waals surface area contributed by atoms with E-state index in [0.717, 1.165) is 42.5 Å².